The topological polar surface area (TPSA) is 9.23 Å². The molecule has 0 spiro atoms. The van der Waals surface area contributed by atoms with Crippen LogP contribution < -0.4 is 4.74 Å². The molecule has 254 valence electrons. The van der Waals surface area contributed by atoms with Crippen molar-refractivity contribution in [2.75, 3.05) is 6.61 Å². The van der Waals surface area contributed by atoms with Crippen LogP contribution in [0.5, 0.6) is 5.75 Å². The number of rotatable bonds is 21. The summed E-state index contributed by atoms with van der Waals surface area (Å²) in [5, 5.41) is 0. The van der Waals surface area contributed by atoms with E-state index in [1.165, 1.54) is 129 Å². The summed E-state index contributed by atoms with van der Waals surface area (Å²) >= 11 is 1.25. The predicted octanol–water partition coefficient (Wildman–Crippen LogP) is 14.6. The molecule has 0 bridgehead atoms. The second kappa shape index (κ2) is 19.5. The first-order valence-electron chi connectivity index (χ1n) is 16.5. The molecule has 0 amide bonds. The van der Waals surface area contributed by atoms with E-state index in [0.29, 0.717) is 0 Å². The van der Waals surface area contributed by atoms with Gasteiger partial charge in [0.1, 0.15) is 5.75 Å². The van der Waals surface area contributed by atoms with Crippen molar-refractivity contribution < 1.29 is 29.9 Å². The average Bonchev–Trinajstić information content (AvgIpc) is 2.98. The molecule has 1 nitrogen and oxygen atoms in total. The van der Waals surface area contributed by atoms with Crippen molar-refractivity contribution in [2.24, 2.45) is 0 Å². The molecular formula is C36H51F6OPS. The van der Waals surface area contributed by atoms with Gasteiger partial charge < -0.3 is 4.74 Å². The maximum absolute atomic E-state index is 10.7. The SMILES string of the molecule is CCCCCCCCCCCCCCCCCCOc1ccc(-c2ccc([SH+]c3ccccc3)cc2)cc1.F[P-](F)(F)(F)(F)F. The second-order valence-corrected chi connectivity index (χ2v) is 14.8. The molecule has 0 aliphatic rings. The van der Waals surface area contributed by atoms with Gasteiger partial charge in [-0.3, -0.25) is 0 Å². The molecule has 9 heteroatoms. The van der Waals surface area contributed by atoms with E-state index in [4.69, 9.17) is 4.74 Å². The van der Waals surface area contributed by atoms with E-state index in [1.54, 1.807) is 0 Å². The van der Waals surface area contributed by atoms with Gasteiger partial charge >= 0.3 is 33.0 Å². The van der Waals surface area contributed by atoms with E-state index in [2.05, 4.69) is 85.8 Å². The van der Waals surface area contributed by atoms with Crippen LogP contribution in [-0.4, -0.2) is 6.61 Å². The molecule has 0 aliphatic heterocycles. The zero-order valence-electron chi connectivity index (χ0n) is 26.6. The molecule has 3 aromatic rings. The Morgan fingerprint density at radius 3 is 1.24 bits per heavy atom. The summed E-state index contributed by atoms with van der Waals surface area (Å²) < 4.78 is 65.2. The fourth-order valence-corrected chi connectivity index (χ4v) is 5.88. The first-order chi connectivity index (χ1) is 21.3. The van der Waals surface area contributed by atoms with Gasteiger partial charge in [0.05, 0.1) is 6.61 Å². The van der Waals surface area contributed by atoms with E-state index < -0.39 is 7.81 Å². The van der Waals surface area contributed by atoms with Crippen LogP contribution >= 0.6 is 7.81 Å². The normalized spacial score (nSPS) is 13.0. The molecule has 0 saturated carbocycles. The Morgan fingerprint density at radius 1 is 0.467 bits per heavy atom. The Hall–Kier alpha value is -2.18. The molecule has 0 saturated heterocycles. The first kappa shape index (κ1) is 39.0. The van der Waals surface area contributed by atoms with Crippen LogP contribution in [0.25, 0.3) is 11.1 Å². The molecule has 0 fully saturated rings. The Kier molecular flexibility index (Phi) is 16.9. The predicted molar refractivity (Wildman–Crippen MR) is 182 cm³/mol. The van der Waals surface area contributed by atoms with Gasteiger partial charge in [-0.05, 0) is 66.1 Å². The summed E-state index contributed by atoms with van der Waals surface area (Å²) in [5.74, 6) is 0.980. The van der Waals surface area contributed by atoms with Crippen molar-refractivity contribution >= 4 is 19.6 Å². The third-order valence-corrected chi connectivity index (χ3v) is 8.45. The Labute approximate surface area is 270 Å². The second-order valence-electron chi connectivity index (χ2n) is 11.6. The summed E-state index contributed by atoms with van der Waals surface area (Å²) in [7, 11) is -10.7. The molecular weight excluding hydrogens is 625 g/mol. The molecule has 0 heterocycles. The number of benzene rings is 3. The zero-order chi connectivity index (χ0) is 32.9. The van der Waals surface area contributed by atoms with Gasteiger partial charge in [0.25, 0.3) is 0 Å². The standard InChI is InChI=1S/C36H50OS.F6P/c1-2-3-4-5-6-7-8-9-10-11-12-13-14-15-16-20-31-37-34-27-23-32(24-28-34)33-25-29-36(30-26-33)38-35-21-18-17-19-22-35;1-7(2,3,4,5)6/h17-19,21-30H,2-16,20,31H2,1H3;/q;-1/p+1. The van der Waals surface area contributed by atoms with Crippen LogP contribution in [0.4, 0.5) is 25.2 Å². The minimum atomic E-state index is -10.7. The Balaban J connectivity index is 0.000000900. The molecule has 0 atom stereocenters. The number of ether oxygens (including phenoxy) is 1. The molecule has 3 rings (SSSR count). The number of halogens is 6. The van der Waals surface area contributed by atoms with E-state index in [-0.39, 0.29) is 0 Å². The van der Waals surface area contributed by atoms with Crippen molar-refractivity contribution in [1.29, 1.82) is 0 Å². The molecule has 0 aliphatic carbocycles. The number of hydrogen-bond donors (Lipinski definition) is 0. The summed E-state index contributed by atoms with van der Waals surface area (Å²) in [4.78, 5) is 2.64. The van der Waals surface area contributed by atoms with E-state index in [9.17, 15) is 25.2 Å². The quantitative estimate of drug-likeness (QED) is 0.0359. The Morgan fingerprint density at radius 2 is 0.822 bits per heavy atom. The van der Waals surface area contributed by atoms with Crippen molar-refractivity contribution in [3.8, 4) is 16.9 Å². The van der Waals surface area contributed by atoms with Crippen molar-refractivity contribution in [2.45, 2.75) is 119 Å². The summed E-state index contributed by atoms with van der Waals surface area (Å²) in [5.41, 5.74) is 2.49. The summed E-state index contributed by atoms with van der Waals surface area (Å²) in [6, 6.07) is 28.1. The van der Waals surface area contributed by atoms with Gasteiger partial charge in [0.15, 0.2) is 9.79 Å². The fraction of sp³-hybridized carbons (Fsp3) is 0.500. The van der Waals surface area contributed by atoms with Gasteiger partial charge in [-0.1, -0.05) is 134 Å². The summed E-state index contributed by atoms with van der Waals surface area (Å²) in [6.07, 6.45) is 22.4. The van der Waals surface area contributed by atoms with Gasteiger partial charge in [0.2, 0.25) is 0 Å². The van der Waals surface area contributed by atoms with Gasteiger partial charge in [-0.25, -0.2) is 0 Å². The van der Waals surface area contributed by atoms with Crippen LogP contribution in [0.3, 0.4) is 0 Å². The van der Waals surface area contributed by atoms with Crippen molar-refractivity contribution in [1.82, 2.24) is 0 Å². The molecule has 0 N–H and O–H groups in total. The molecule has 0 aromatic heterocycles. The van der Waals surface area contributed by atoms with Gasteiger partial charge in [-0.2, -0.15) is 0 Å². The van der Waals surface area contributed by atoms with Crippen LogP contribution in [0.15, 0.2) is 88.7 Å². The zero-order valence-corrected chi connectivity index (χ0v) is 28.4. The van der Waals surface area contributed by atoms with Crippen molar-refractivity contribution in [3.05, 3.63) is 78.9 Å². The summed E-state index contributed by atoms with van der Waals surface area (Å²) in [6.45, 7) is 3.12. The maximum atomic E-state index is 9.87. The van der Waals surface area contributed by atoms with E-state index in [1.807, 2.05) is 0 Å². The van der Waals surface area contributed by atoms with E-state index in [0.717, 1.165) is 18.8 Å². The monoisotopic (exact) mass is 676 g/mol. The number of thiol groups is 1. The minimum absolute atomic E-state index is 0.824. The molecule has 3 aromatic carbocycles. The van der Waals surface area contributed by atoms with Crippen LogP contribution in [0, 0.1) is 0 Å². The van der Waals surface area contributed by atoms with Gasteiger partial charge in [-0.15, -0.1) is 0 Å². The first-order valence-corrected chi connectivity index (χ1v) is 19.4. The third-order valence-electron chi connectivity index (χ3n) is 7.34. The van der Waals surface area contributed by atoms with Crippen LogP contribution in [0.1, 0.15) is 110 Å². The number of unbranched alkanes of at least 4 members (excludes halogenated alkanes) is 15. The third kappa shape index (κ3) is 23.8. The fourth-order valence-electron chi connectivity index (χ4n) is 4.96. The Bertz CT molecular complexity index is 1160. The number of hydrogen-bond acceptors (Lipinski definition) is 1. The van der Waals surface area contributed by atoms with Crippen LogP contribution in [0.2, 0.25) is 0 Å². The van der Waals surface area contributed by atoms with Crippen molar-refractivity contribution in [3.63, 3.8) is 0 Å². The average molecular weight is 677 g/mol. The molecule has 0 unspecified atom stereocenters. The van der Waals surface area contributed by atoms with E-state index >= 15 is 0 Å². The van der Waals surface area contributed by atoms with Gasteiger partial charge in [0, 0.05) is 11.8 Å². The molecule has 0 radical (unpaired) electrons. The molecule has 45 heavy (non-hydrogen) atoms. The van der Waals surface area contributed by atoms with Crippen LogP contribution in [-0.2, 0) is 11.8 Å².